The fourth-order valence-electron chi connectivity index (χ4n) is 2.66. The molecule has 0 aliphatic rings. The van der Waals surface area contributed by atoms with Crippen LogP contribution in [0.5, 0.6) is 11.5 Å². The van der Waals surface area contributed by atoms with Crippen LogP contribution in [-0.2, 0) is 18.9 Å². The van der Waals surface area contributed by atoms with Gasteiger partial charge in [-0.15, -0.1) is 10.2 Å². The molecule has 9 nitrogen and oxygen atoms in total. The summed E-state index contributed by atoms with van der Waals surface area (Å²) in [7, 11) is 6.58. The third kappa shape index (κ3) is 4.60. The van der Waals surface area contributed by atoms with Crippen molar-refractivity contribution < 1.29 is 14.3 Å². The predicted molar refractivity (Wildman–Crippen MR) is 111 cm³/mol. The Kier molecular flexibility index (Phi) is 6.23. The fourth-order valence-corrected chi connectivity index (χ4v) is 3.37. The second-order valence-corrected chi connectivity index (χ2v) is 7.08. The Morgan fingerprint density at radius 3 is 2.55 bits per heavy atom. The Morgan fingerprint density at radius 2 is 1.86 bits per heavy atom. The van der Waals surface area contributed by atoms with Gasteiger partial charge in [0.1, 0.15) is 0 Å². The molecule has 152 valence electrons. The molecule has 0 fully saturated rings. The lowest BCUT2D eigenvalue weighted by molar-refractivity contribution is -0.113. The first-order valence-electron chi connectivity index (χ1n) is 8.64. The number of pyridine rings is 1. The van der Waals surface area contributed by atoms with E-state index < -0.39 is 0 Å². The lowest BCUT2D eigenvalue weighted by Gasteiger charge is -2.10. The Labute approximate surface area is 171 Å². The van der Waals surface area contributed by atoms with Gasteiger partial charge in [0.05, 0.1) is 20.0 Å². The normalized spacial score (nSPS) is 10.6. The molecule has 0 saturated carbocycles. The maximum Gasteiger partial charge on any atom is 0.250 e. The van der Waals surface area contributed by atoms with Crippen LogP contribution in [0, 0.1) is 0 Å². The molecule has 0 aliphatic heterocycles. The largest absolute Gasteiger partial charge is 0.493 e. The highest BCUT2D eigenvalue weighted by Gasteiger charge is 2.14. The van der Waals surface area contributed by atoms with E-state index in [2.05, 4.69) is 15.5 Å². The third-order valence-electron chi connectivity index (χ3n) is 4.18. The van der Waals surface area contributed by atoms with Crippen LogP contribution >= 0.6 is 11.8 Å². The van der Waals surface area contributed by atoms with Crippen molar-refractivity contribution in [1.29, 1.82) is 0 Å². The van der Waals surface area contributed by atoms with Crippen LogP contribution in [0.1, 0.15) is 0 Å². The molecule has 3 aromatic rings. The molecule has 0 unspecified atom stereocenters. The summed E-state index contributed by atoms with van der Waals surface area (Å²) in [5.74, 6) is 1.71. The number of aryl methyl sites for hydroxylation is 1. The number of thioether (sulfide) groups is 1. The zero-order valence-corrected chi connectivity index (χ0v) is 17.3. The standard InChI is InChI=1S/C19H21N5O4S/c1-23-10-12(5-8-17(23)26)18-21-22-19(24(18)2)29-11-16(25)20-13-6-7-14(27-3)15(9-13)28-4/h5-10H,11H2,1-4H3,(H,20,25). The summed E-state index contributed by atoms with van der Waals surface area (Å²) in [6.07, 6.45) is 1.70. The van der Waals surface area contributed by atoms with Gasteiger partial charge in [0.25, 0.3) is 0 Å². The number of hydrogen-bond acceptors (Lipinski definition) is 7. The van der Waals surface area contributed by atoms with Gasteiger partial charge in [-0.3, -0.25) is 9.59 Å². The summed E-state index contributed by atoms with van der Waals surface area (Å²) < 4.78 is 13.7. The van der Waals surface area contributed by atoms with Crippen molar-refractivity contribution in [3.05, 3.63) is 46.9 Å². The molecule has 2 aromatic heterocycles. The lowest BCUT2D eigenvalue weighted by Crippen LogP contribution is -2.15. The van der Waals surface area contributed by atoms with Gasteiger partial charge in [-0.25, -0.2) is 0 Å². The molecule has 0 spiro atoms. The molecule has 0 atom stereocenters. The van der Waals surface area contributed by atoms with Crippen molar-refractivity contribution in [3.63, 3.8) is 0 Å². The Balaban J connectivity index is 1.66. The number of benzene rings is 1. The summed E-state index contributed by atoms with van der Waals surface area (Å²) in [6.45, 7) is 0. The number of nitrogens with one attached hydrogen (secondary N) is 1. The van der Waals surface area contributed by atoms with Crippen LogP contribution in [0.3, 0.4) is 0 Å². The van der Waals surface area contributed by atoms with Crippen LogP contribution in [0.4, 0.5) is 5.69 Å². The molecule has 1 N–H and O–H groups in total. The number of ether oxygens (including phenoxy) is 2. The number of hydrogen-bond donors (Lipinski definition) is 1. The molecular formula is C19H21N5O4S. The van der Waals surface area contributed by atoms with Crippen molar-refractivity contribution in [1.82, 2.24) is 19.3 Å². The van der Waals surface area contributed by atoms with E-state index in [-0.39, 0.29) is 17.2 Å². The zero-order chi connectivity index (χ0) is 21.0. The predicted octanol–water partition coefficient (Wildman–Crippen LogP) is 1.93. The van der Waals surface area contributed by atoms with Crippen LogP contribution in [0.2, 0.25) is 0 Å². The first kappa shape index (κ1) is 20.5. The van der Waals surface area contributed by atoms with Crippen molar-refractivity contribution >= 4 is 23.4 Å². The van der Waals surface area contributed by atoms with E-state index in [4.69, 9.17) is 9.47 Å². The smallest absolute Gasteiger partial charge is 0.250 e. The van der Waals surface area contributed by atoms with E-state index in [9.17, 15) is 9.59 Å². The Morgan fingerprint density at radius 1 is 1.10 bits per heavy atom. The molecule has 2 heterocycles. The molecule has 0 saturated heterocycles. The number of rotatable bonds is 7. The molecule has 0 radical (unpaired) electrons. The molecule has 1 aromatic carbocycles. The number of nitrogens with zero attached hydrogens (tertiary/aromatic N) is 4. The molecular weight excluding hydrogens is 394 g/mol. The van der Waals surface area contributed by atoms with Gasteiger partial charge in [-0.05, 0) is 18.2 Å². The maximum atomic E-state index is 12.3. The van der Waals surface area contributed by atoms with Crippen LogP contribution < -0.4 is 20.3 Å². The average molecular weight is 415 g/mol. The van der Waals surface area contributed by atoms with E-state index >= 15 is 0 Å². The van der Waals surface area contributed by atoms with E-state index in [1.54, 1.807) is 49.2 Å². The minimum atomic E-state index is -0.186. The molecule has 29 heavy (non-hydrogen) atoms. The highest BCUT2D eigenvalue weighted by molar-refractivity contribution is 7.99. The second-order valence-electron chi connectivity index (χ2n) is 6.14. The number of methoxy groups -OCH3 is 2. The highest BCUT2D eigenvalue weighted by Crippen LogP contribution is 2.30. The van der Waals surface area contributed by atoms with Crippen molar-refractivity contribution in [2.24, 2.45) is 14.1 Å². The van der Waals surface area contributed by atoms with Gasteiger partial charge >= 0.3 is 0 Å². The van der Waals surface area contributed by atoms with Gasteiger partial charge in [-0.2, -0.15) is 0 Å². The first-order valence-corrected chi connectivity index (χ1v) is 9.62. The number of anilines is 1. The number of carbonyl (C=O) groups is 1. The maximum absolute atomic E-state index is 12.3. The fraction of sp³-hybridized carbons (Fsp3) is 0.263. The first-order chi connectivity index (χ1) is 13.9. The number of aromatic nitrogens is 4. The quantitative estimate of drug-likeness (QED) is 0.589. The zero-order valence-electron chi connectivity index (χ0n) is 16.5. The summed E-state index contributed by atoms with van der Waals surface area (Å²) in [5, 5.41) is 11.7. The minimum absolute atomic E-state index is 0.0997. The topological polar surface area (TPSA) is 100 Å². The van der Waals surface area contributed by atoms with E-state index in [1.807, 2.05) is 7.05 Å². The Hall–Kier alpha value is -3.27. The molecule has 10 heteroatoms. The lowest BCUT2D eigenvalue weighted by atomic mass is 10.2. The average Bonchev–Trinajstić information content (AvgIpc) is 3.08. The number of amides is 1. The van der Waals surface area contributed by atoms with Crippen LogP contribution in [0.15, 0.2) is 46.5 Å². The molecule has 0 aliphatic carbocycles. The highest BCUT2D eigenvalue weighted by atomic mass is 32.2. The summed E-state index contributed by atoms with van der Waals surface area (Å²) >= 11 is 1.27. The third-order valence-corrected chi connectivity index (χ3v) is 5.20. The van der Waals surface area contributed by atoms with Crippen molar-refractivity contribution in [2.45, 2.75) is 5.16 Å². The van der Waals surface area contributed by atoms with E-state index in [0.29, 0.717) is 28.2 Å². The van der Waals surface area contributed by atoms with Gasteiger partial charge in [0, 0.05) is 43.7 Å². The summed E-state index contributed by atoms with van der Waals surface area (Å²) in [4.78, 5) is 23.9. The Bertz CT molecular complexity index is 1090. The van der Waals surface area contributed by atoms with Crippen molar-refractivity contribution in [2.75, 3.05) is 25.3 Å². The van der Waals surface area contributed by atoms with E-state index in [1.165, 1.54) is 29.5 Å². The van der Waals surface area contributed by atoms with Gasteiger partial charge in [-0.1, -0.05) is 11.8 Å². The monoisotopic (exact) mass is 415 g/mol. The molecule has 0 bridgehead atoms. The van der Waals surface area contributed by atoms with Gasteiger partial charge in [0.2, 0.25) is 11.5 Å². The van der Waals surface area contributed by atoms with E-state index in [0.717, 1.165) is 5.56 Å². The molecule has 1 amide bonds. The molecule has 3 rings (SSSR count). The van der Waals surface area contributed by atoms with Gasteiger partial charge in [0.15, 0.2) is 22.5 Å². The van der Waals surface area contributed by atoms with Crippen molar-refractivity contribution in [3.8, 4) is 22.9 Å². The summed E-state index contributed by atoms with van der Waals surface area (Å²) in [6, 6.07) is 8.34. The van der Waals surface area contributed by atoms with Crippen LogP contribution in [0.25, 0.3) is 11.4 Å². The minimum Gasteiger partial charge on any atom is -0.493 e. The summed E-state index contributed by atoms with van der Waals surface area (Å²) in [5.41, 5.74) is 1.28. The van der Waals surface area contributed by atoms with Crippen LogP contribution in [-0.4, -0.2) is 45.2 Å². The number of carbonyl (C=O) groups excluding carboxylic acids is 1. The second kappa shape index (κ2) is 8.82. The van der Waals surface area contributed by atoms with Gasteiger partial charge < -0.3 is 23.9 Å². The SMILES string of the molecule is COc1ccc(NC(=O)CSc2nnc(-c3ccc(=O)n(C)c3)n2C)cc1OC.